The maximum atomic E-state index is 13.1. The summed E-state index contributed by atoms with van der Waals surface area (Å²) in [6.07, 6.45) is -2.48. The molecule has 0 amide bonds. The minimum Gasteiger partial charge on any atom is -0.394 e. The Morgan fingerprint density at radius 2 is 1.33 bits per heavy atom. The van der Waals surface area contributed by atoms with Gasteiger partial charge in [-0.1, -0.05) is 0 Å². The first-order valence-electron chi connectivity index (χ1n) is 5.46. The molecule has 0 radical (unpaired) electrons. The largest absolute Gasteiger partial charge is 0.394 e. The van der Waals surface area contributed by atoms with Crippen LogP contribution in [0.25, 0.3) is 0 Å². The SMILES string of the molecule is OCCOCCC(F)(F)CC(F)(F)COCCO. The zero-order chi connectivity index (χ0) is 14.1. The molecule has 0 saturated carbocycles. The summed E-state index contributed by atoms with van der Waals surface area (Å²) < 4.78 is 61.3. The molecule has 18 heavy (non-hydrogen) atoms. The number of rotatable bonds is 11. The maximum Gasteiger partial charge on any atom is 0.276 e. The van der Waals surface area contributed by atoms with Crippen molar-refractivity contribution in [2.45, 2.75) is 24.7 Å². The standard InChI is InChI=1S/C10H18F4O4/c11-9(12,1-4-17-5-2-15)7-10(13,14)8-18-6-3-16/h15-16H,1-8H2. The fraction of sp³-hybridized carbons (Fsp3) is 1.00. The maximum absolute atomic E-state index is 13.1. The molecule has 0 aromatic rings. The molecule has 0 bridgehead atoms. The molecule has 0 atom stereocenters. The number of alkyl halides is 4. The van der Waals surface area contributed by atoms with Crippen molar-refractivity contribution in [1.29, 1.82) is 0 Å². The van der Waals surface area contributed by atoms with E-state index in [1.165, 1.54) is 0 Å². The van der Waals surface area contributed by atoms with E-state index in [9.17, 15) is 17.6 Å². The minimum atomic E-state index is -3.66. The van der Waals surface area contributed by atoms with Gasteiger partial charge in [-0.2, -0.15) is 0 Å². The highest BCUT2D eigenvalue weighted by Gasteiger charge is 2.43. The van der Waals surface area contributed by atoms with Gasteiger partial charge in [-0.15, -0.1) is 0 Å². The number of aliphatic hydroxyl groups is 2. The lowest BCUT2D eigenvalue weighted by molar-refractivity contribution is -0.151. The van der Waals surface area contributed by atoms with Gasteiger partial charge in [0.2, 0.25) is 0 Å². The van der Waals surface area contributed by atoms with E-state index >= 15 is 0 Å². The van der Waals surface area contributed by atoms with Crippen molar-refractivity contribution >= 4 is 0 Å². The van der Waals surface area contributed by atoms with Gasteiger partial charge in [0.15, 0.2) is 0 Å². The zero-order valence-electron chi connectivity index (χ0n) is 9.88. The Kier molecular flexibility index (Phi) is 8.41. The zero-order valence-corrected chi connectivity index (χ0v) is 9.88. The molecular weight excluding hydrogens is 260 g/mol. The van der Waals surface area contributed by atoms with E-state index in [4.69, 9.17) is 10.2 Å². The lowest BCUT2D eigenvalue weighted by atomic mass is 10.1. The van der Waals surface area contributed by atoms with Crippen molar-refractivity contribution in [3.05, 3.63) is 0 Å². The van der Waals surface area contributed by atoms with E-state index < -0.39 is 44.5 Å². The topological polar surface area (TPSA) is 58.9 Å². The first-order valence-corrected chi connectivity index (χ1v) is 5.46. The van der Waals surface area contributed by atoms with E-state index in [0.29, 0.717) is 0 Å². The summed E-state index contributed by atoms with van der Waals surface area (Å²) >= 11 is 0. The fourth-order valence-corrected chi connectivity index (χ4v) is 1.19. The molecule has 4 nitrogen and oxygen atoms in total. The van der Waals surface area contributed by atoms with E-state index in [1.54, 1.807) is 0 Å². The monoisotopic (exact) mass is 278 g/mol. The van der Waals surface area contributed by atoms with Gasteiger partial charge in [0.05, 0.1) is 39.5 Å². The van der Waals surface area contributed by atoms with E-state index in [1.807, 2.05) is 0 Å². The molecule has 0 spiro atoms. The Hall–Kier alpha value is -0.440. The average molecular weight is 278 g/mol. The molecule has 0 aliphatic rings. The van der Waals surface area contributed by atoms with E-state index in [-0.39, 0.29) is 19.8 Å². The van der Waals surface area contributed by atoms with Gasteiger partial charge in [0.25, 0.3) is 11.8 Å². The molecule has 0 aromatic carbocycles. The minimum absolute atomic E-state index is 0.105. The predicted octanol–water partition coefficient (Wildman–Crippen LogP) is 1.05. The number of ether oxygens (including phenoxy) is 2. The van der Waals surface area contributed by atoms with Crippen LogP contribution in [0.4, 0.5) is 17.6 Å². The molecule has 0 fully saturated rings. The van der Waals surface area contributed by atoms with Crippen molar-refractivity contribution < 1.29 is 37.2 Å². The lowest BCUT2D eigenvalue weighted by Crippen LogP contribution is -2.34. The van der Waals surface area contributed by atoms with Crippen LogP contribution in [-0.4, -0.2) is 61.7 Å². The van der Waals surface area contributed by atoms with Crippen LogP contribution in [0, 0.1) is 0 Å². The molecule has 8 heteroatoms. The van der Waals surface area contributed by atoms with Gasteiger partial charge >= 0.3 is 0 Å². The highest BCUT2D eigenvalue weighted by Crippen LogP contribution is 2.33. The Balaban J connectivity index is 3.95. The van der Waals surface area contributed by atoms with Crippen LogP contribution in [0.5, 0.6) is 0 Å². The third-order valence-corrected chi connectivity index (χ3v) is 1.91. The van der Waals surface area contributed by atoms with Crippen molar-refractivity contribution in [2.24, 2.45) is 0 Å². The van der Waals surface area contributed by atoms with Crippen LogP contribution < -0.4 is 0 Å². The van der Waals surface area contributed by atoms with Gasteiger partial charge in [-0.05, 0) is 0 Å². The summed E-state index contributed by atoms with van der Waals surface area (Å²) in [7, 11) is 0. The molecule has 110 valence electrons. The second kappa shape index (κ2) is 8.63. The Morgan fingerprint density at radius 1 is 0.778 bits per heavy atom. The van der Waals surface area contributed by atoms with Crippen molar-refractivity contribution in [3.63, 3.8) is 0 Å². The fourth-order valence-electron chi connectivity index (χ4n) is 1.19. The Bertz CT molecular complexity index is 214. The van der Waals surface area contributed by atoms with Gasteiger partial charge in [0, 0.05) is 6.42 Å². The van der Waals surface area contributed by atoms with Crippen LogP contribution in [0.15, 0.2) is 0 Å². The molecule has 2 N–H and O–H groups in total. The van der Waals surface area contributed by atoms with Gasteiger partial charge in [0.1, 0.15) is 6.61 Å². The number of hydrogen-bond acceptors (Lipinski definition) is 4. The highest BCUT2D eigenvalue weighted by molar-refractivity contribution is 4.77. The van der Waals surface area contributed by atoms with Gasteiger partial charge in [-0.25, -0.2) is 17.6 Å². The molecule has 0 heterocycles. The van der Waals surface area contributed by atoms with Crippen LogP contribution in [0.2, 0.25) is 0 Å². The van der Waals surface area contributed by atoms with E-state index in [2.05, 4.69) is 9.47 Å². The summed E-state index contributed by atoms with van der Waals surface area (Å²) in [5.41, 5.74) is 0. The summed E-state index contributed by atoms with van der Waals surface area (Å²) in [6, 6.07) is 0. The van der Waals surface area contributed by atoms with Crippen LogP contribution in [0.1, 0.15) is 12.8 Å². The summed E-state index contributed by atoms with van der Waals surface area (Å²) in [5.74, 6) is -7.23. The summed E-state index contributed by atoms with van der Waals surface area (Å²) in [5, 5.41) is 16.6. The van der Waals surface area contributed by atoms with Crippen LogP contribution in [-0.2, 0) is 9.47 Å². The molecule has 0 unspecified atom stereocenters. The van der Waals surface area contributed by atoms with Crippen molar-refractivity contribution in [3.8, 4) is 0 Å². The van der Waals surface area contributed by atoms with Crippen LogP contribution in [0.3, 0.4) is 0 Å². The molecule has 0 aliphatic heterocycles. The number of hydrogen-bond donors (Lipinski definition) is 2. The second-order valence-electron chi connectivity index (χ2n) is 3.75. The van der Waals surface area contributed by atoms with Crippen LogP contribution >= 0.6 is 0 Å². The van der Waals surface area contributed by atoms with E-state index in [0.717, 1.165) is 0 Å². The smallest absolute Gasteiger partial charge is 0.276 e. The van der Waals surface area contributed by atoms with Crippen molar-refractivity contribution in [1.82, 2.24) is 0 Å². The predicted molar refractivity (Wildman–Crippen MR) is 54.9 cm³/mol. The lowest BCUT2D eigenvalue weighted by Gasteiger charge is -2.23. The Labute approximate surface area is 103 Å². The third kappa shape index (κ3) is 9.58. The first kappa shape index (κ1) is 17.6. The number of aliphatic hydroxyl groups excluding tert-OH is 2. The molecule has 0 aliphatic carbocycles. The van der Waals surface area contributed by atoms with Gasteiger partial charge < -0.3 is 19.7 Å². The third-order valence-electron chi connectivity index (χ3n) is 1.91. The molecule has 0 rings (SSSR count). The highest BCUT2D eigenvalue weighted by atomic mass is 19.3. The van der Waals surface area contributed by atoms with Gasteiger partial charge in [-0.3, -0.25) is 0 Å². The Morgan fingerprint density at radius 3 is 1.89 bits per heavy atom. The average Bonchev–Trinajstić information content (AvgIpc) is 2.23. The summed E-state index contributed by atoms with van der Waals surface area (Å²) in [6.45, 7) is -2.73. The molecular formula is C10H18F4O4. The summed E-state index contributed by atoms with van der Waals surface area (Å²) in [4.78, 5) is 0. The van der Waals surface area contributed by atoms with Crippen molar-refractivity contribution in [2.75, 3.05) is 39.6 Å². The number of halogens is 4. The quantitative estimate of drug-likeness (QED) is 0.438. The molecule has 0 saturated heterocycles. The molecule has 0 aromatic heterocycles. The first-order chi connectivity index (χ1) is 8.33. The normalized spacial score (nSPS) is 13.0. The second-order valence-corrected chi connectivity index (χ2v) is 3.75.